The third kappa shape index (κ3) is 6.83. The lowest BCUT2D eigenvalue weighted by Crippen LogP contribution is -2.43. The molecule has 0 aliphatic carbocycles. The maximum atomic E-state index is 13.0. The molecule has 0 spiro atoms. The van der Waals surface area contributed by atoms with Crippen molar-refractivity contribution in [1.82, 2.24) is 9.80 Å². The fourth-order valence-corrected chi connectivity index (χ4v) is 9.23. The van der Waals surface area contributed by atoms with Crippen LogP contribution in [0, 0.1) is 0 Å². The van der Waals surface area contributed by atoms with Crippen LogP contribution in [0.5, 0.6) is 0 Å². The van der Waals surface area contributed by atoms with Gasteiger partial charge in [0.05, 0.1) is 0 Å². The number of aliphatic carboxylic acids is 2. The predicted octanol–water partition coefficient (Wildman–Crippen LogP) is 4.60. The molecule has 0 aromatic heterocycles. The lowest BCUT2D eigenvalue weighted by Gasteiger charge is -2.28. The zero-order valence-corrected chi connectivity index (χ0v) is 23.6. The summed E-state index contributed by atoms with van der Waals surface area (Å²) in [4.78, 5) is 52.6. The summed E-state index contributed by atoms with van der Waals surface area (Å²) in [6.07, 6.45) is 0.387. The molecule has 2 aromatic carbocycles. The van der Waals surface area contributed by atoms with Crippen LogP contribution >= 0.6 is 45.1 Å². The molecule has 2 aliphatic rings. The molecule has 0 radical (unpaired) electrons. The van der Waals surface area contributed by atoms with Crippen LogP contribution in [0.4, 0.5) is 0 Å². The van der Waals surface area contributed by atoms with Crippen LogP contribution in [-0.4, -0.2) is 78.9 Å². The van der Waals surface area contributed by atoms with Gasteiger partial charge < -0.3 is 20.0 Å². The third-order valence-corrected chi connectivity index (χ3v) is 11.3. The first-order valence-corrected chi connectivity index (χ1v) is 16.6. The summed E-state index contributed by atoms with van der Waals surface area (Å²) in [7, 11) is 2.92. The number of carboxylic acids is 2. The van der Waals surface area contributed by atoms with Gasteiger partial charge in [0.15, 0.2) is 0 Å². The Morgan fingerprint density at radius 2 is 1.05 bits per heavy atom. The average Bonchev–Trinajstić information content (AvgIpc) is 3.57. The molecule has 4 atom stereocenters. The molecule has 0 bridgehead atoms. The lowest BCUT2D eigenvalue weighted by molar-refractivity contribution is -0.149. The minimum Gasteiger partial charge on any atom is -0.480 e. The Morgan fingerprint density at radius 1 is 0.684 bits per heavy atom. The second kappa shape index (κ2) is 13.7. The molecule has 2 unspecified atom stereocenters. The first-order chi connectivity index (χ1) is 18.4. The molecule has 2 fully saturated rings. The Hall–Kier alpha value is -2.28. The van der Waals surface area contributed by atoms with Crippen LogP contribution in [0.15, 0.2) is 60.7 Å². The van der Waals surface area contributed by atoms with E-state index >= 15 is 0 Å². The van der Waals surface area contributed by atoms with Gasteiger partial charge in [-0.15, -0.1) is 23.5 Å². The quantitative estimate of drug-likeness (QED) is 0.283. The average molecular weight is 593 g/mol. The summed E-state index contributed by atoms with van der Waals surface area (Å²) in [5, 5.41) is 18.6. The van der Waals surface area contributed by atoms with E-state index in [1.54, 1.807) is 0 Å². The summed E-state index contributed by atoms with van der Waals surface area (Å²) in [6, 6.07) is 17.2. The Balaban J connectivity index is 1.26. The van der Waals surface area contributed by atoms with Crippen molar-refractivity contribution in [3.8, 4) is 0 Å². The van der Waals surface area contributed by atoms with Gasteiger partial charge in [-0.3, -0.25) is 9.59 Å². The Kier molecular flexibility index (Phi) is 10.3. The standard InChI is InChI=1S/C26H28N2O6S4/c29-21(27-19(25(31)32)15-35-23(27)17-7-3-1-4-8-17)11-13-37-38-14-12-22(30)28-20(26(33)34)16-36-24(28)18-9-5-2-6-10-18/h1-10,19-20,23-24H,11-16H2,(H,31,32)(H,33,34)/t19-,20-,23?,24?/m0/s1. The molecule has 12 heteroatoms. The molecular formula is C26H28N2O6S4. The highest BCUT2D eigenvalue weighted by molar-refractivity contribution is 8.76. The molecule has 2 saturated heterocycles. The van der Waals surface area contributed by atoms with Crippen LogP contribution in [0.1, 0.15) is 34.7 Å². The van der Waals surface area contributed by atoms with Crippen molar-refractivity contribution in [1.29, 1.82) is 0 Å². The van der Waals surface area contributed by atoms with Gasteiger partial charge in [-0.2, -0.15) is 0 Å². The first-order valence-electron chi connectivity index (χ1n) is 12.0. The summed E-state index contributed by atoms with van der Waals surface area (Å²) in [5.41, 5.74) is 1.81. The van der Waals surface area contributed by atoms with Crippen LogP contribution in [-0.2, 0) is 19.2 Å². The van der Waals surface area contributed by atoms with E-state index < -0.39 is 24.0 Å². The van der Waals surface area contributed by atoms with Crippen molar-refractivity contribution in [3.63, 3.8) is 0 Å². The molecule has 2 aliphatic heterocycles. The number of hydrogen-bond donors (Lipinski definition) is 2. The molecule has 2 heterocycles. The van der Waals surface area contributed by atoms with Gasteiger partial charge in [-0.25, -0.2) is 9.59 Å². The molecule has 2 aromatic rings. The highest BCUT2D eigenvalue weighted by atomic mass is 33.1. The van der Waals surface area contributed by atoms with Gasteiger partial charge in [-0.05, 0) is 11.1 Å². The van der Waals surface area contributed by atoms with Gasteiger partial charge in [-0.1, -0.05) is 82.3 Å². The number of benzene rings is 2. The summed E-state index contributed by atoms with van der Waals surface area (Å²) >= 11 is 2.92. The largest absolute Gasteiger partial charge is 0.480 e. The van der Waals surface area contributed by atoms with E-state index in [-0.39, 0.29) is 35.4 Å². The van der Waals surface area contributed by atoms with E-state index in [9.17, 15) is 29.4 Å². The number of carboxylic acid groups (broad SMARTS) is 2. The molecule has 4 rings (SSSR count). The molecule has 0 saturated carbocycles. The van der Waals surface area contributed by atoms with Gasteiger partial charge in [0, 0.05) is 35.9 Å². The fraction of sp³-hybridized carbons (Fsp3) is 0.385. The van der Waals surface area contributed by atoms with E-state index in [2.05, 4.69) is 0 Å². The van der Waals surface area contributed by atoms with E-state index in [0.717, 1.165) is 11.1 Å². The van der Waals surface area contributed by atoms with Crippen molar-refractivity contribution in [3.05, 3.63) is 71.8 Å². The van der Waals surface area contributed by atoms with Crippen LogP contribution < -0.4 is 0 Å². The van der Waals surface area contributed by atoms with E-state index in [1.807, 2.05) is 60.7 Å². The van der Waals surface area contributed by atoms with Gasteiger partial charge >= 0.3 is 11.9 Å². The first kappa shape index (κ1) is 28.7. The number of nitrogens with zero attached hydrogens (tertiary/aromatic N) is 2. The maximum absolute atomic E-state index is 13.0. The fourth-order valence-electron chi connectivity index (χ4n) is 4.39. The second-order valence-corrected chi connectivity index (χ2v) is 13.6. The minimum atomic E-state index is -1.00. The number of carbonyl (C=O) groups is 4. The monoisotopic (exact) mass is 592 g/mol. The van der Waals surface area contributed by atoms with Gasteiger partial charge in [0.25, 0.3) is 0 Å². The van der Waals surface area contributed by atoms with Crippen molar-refractivity contribution in [2.75, 3.05) is 23.0 Å². The number of amides is 2. The maximum Gasteiger partial charge on any atom is 0.327 e. The number of rotatable bonds is 11. The third-order valence-electron chi connectivity index (χ3n) is 6.20. The Labute approximate surface area is 237 Å². The zero-order valence-electron chi connectivity index (χ0n) is 20.4. The predicted molar refractivity (Wildman–Crippen MR) is 154 cm³/mol. The number of thioether (sulfide) groups is 2. The second-order valence-electron chi connectivity index (χ2n) is 8.65. The molecule has 2 N–H and O–H groups in total. The smallest absolute Gasteiger partial charge is 0.327 e. The highest BCUT2D eigenvalue weighted by Crippen LogP contribution is 2.43. The van der Waals surface area contributed by atoms with Crippen LogP contribution in [0.3, 0.4) is 0 Å². The zero-order chi connectivity index (χ0) is 27.1. The van der Waals surface area contributed by atoms with E-state index in [4.69, 9.17) is 0 Å². The molecule has 2 amide bonds. The van der Waals surface area contributed by atoms with Gasteiger partial charge in [0.1, 0.15) is 22.8 Å². The molecular weight excluding hydrogens is 565 g/mol. The van der Waals surface area contributed by atoms with E-state index in [1.165, 1.54) is 54.9 Å². The molecule has 38 heavy (non-hydrogen) atoms. The molecule has 8 nitrogen and oxygen atoms in total. The number of hydrogen-bond acceptors (Lipinski definition) is 8. The summed E-state index contributed by atoms with van der Waals surface area (Å²) in [6.45, 7) is 0. The summed E-state index contributed by atoms with van der Waals surface area (Å²) in [5.74, 6) is -0.750. The highest BCUT2D eigenvalue weighted by Gasteiger charge is 2.43. The van der Waals surface area contributed by atoms with Crippen molar-refractivity contribution < 1.29 is 29.4 Å². The van der Waals surface area contributed by atoms with E-state index in [0.29, 0.717) is 23.0 Å². The van der Waals surface area contributed by atoms with Crippen molar-refractivity contribution in [2.24, 2.45) is 0 Å². The Morgan fingerprint density at radius 3 is 1.39 bits per heavy atom. The van der Waals surface area contributed by atoms with Crippen LogP contribution in [0.2, 0.25) is 0 Å². The summed E-state index contributed by atoms with van der Waals surface area (Å²) < 4.78 is 0. The lowest BCUT2D eigenvalue weighted by atomic mass is 10.1. The van der Waals surface area contributed by atoms with Crippen LogP contribution in [0.25, 0.3) is 0 Å². The number of carbonyl (C=O) groups excluding carboxylic acids is 2. The van der Waals surface area contributed by atoms with Crippen molar-refractivity contribution in [2.45, 2.75) is 35.7 Å². The SMILES string of the molecule is O=C(O)[C@@H]1CSC(c2ccccc2)N1C(=O)CCSSCCC(=O)N1C(c2ccccc2)SC[C@H]1C(=O)O. The Bertz CT molecular complexity index is 1050. The molecule has 202 valence electrons. The van der Waals surface area contributed by atoms with Gasteiger partial charge in [0.2, 0.25) is 11.8 Å². The van der Waals surface area contributed by atoms with Crippen molar-refractivity contribution >= 4 is 68.9 Å². The topological polar surface area (TPSA) is 115 Å². The minimum absolute atomic E-state index is 0.194. The normalized spacial score (nSPS) is 22.9.